The summed E-state index contributed by atoms with van der Waals surface area (Å²) >= 11 is 6.03. The summed E-state index contributed by atoms with van der Waals surface area (Å²) in [5, 5.41) is 15.1. The van der Waals surface area contributed by atoms with E-state index in [0.717, 1.165) is 21.8 Å². The van der Waals surface area contributed by atoms with Gasteiger partial charge in [-0.15, -0.1) is 10.2 Å². The maximum Gasteiger partial charge on any atom is 0.416 e. The Bertz CT molecular complexity index is 1470. The number of anilines is 1. The smallest absolute Gasteiger partial charge is 0.416 e. The molecule has 39 heavy (non-hydrogen) atoms. The Hall–Kier alpha value is -4.19. The average Bonchev–Trinajstić information content (AvgIpc) is 3.51. The van der Waals surface area contributed by atoms with Gasteiger partial charge in [0.2, 0.25) is 11.7 Å². The standard InChI is InChI=1S/C26H24ClF3N6O3/c1-15(2)31-25(38)23(17-8-10-19(27)11-9-17)36(20-6-4-5-18(13-20)26(28,29)30)22(37)14-35-33-24(32-34-35)21-12-7-16(3)39-21/h4-13,15,23H,14H2,1-3H3,(H,31,38)/t23-/m0/s1. The summed E-state index contributed by atoms with van der Waals surface area (Å²) in [6.07, 6.45) is -4.68. The van der Waals surface area contributed by atoms with Gasteiger partial charge in [-0.05, 0) is 74.0 Å². The van der Waals surface area contributed by atoms with Crippen LogP contribution < -0.4 is 10.2 Å². The van der Waals surface area contributed by atoms with Crippen LogP contribution in [0.15, 0.2) is 65.1 Å². The van der Waals surface area contributed by atoms with E-state index in [2.05, 4.69) is 20.7 Å². The first kappa shape index (κ1) is 27.8. The zero-order valence-corrected chi connectivity index (χ0v) is 21.9. The number of carbonyl (C=O) groups is 2. The highest BCUT2D eigenvalue weighted by molar-refractivity contribution is 6.30. The number of nitrogens with one attached hydrogen (secondary N) is 1. The molecule has 2 amide bonds. The monoisotopic (exact) mass is 560 g/mol. The van der Waals surface area contributed by atoms with E-state index in [9.17, 15) is 22.8 Å². The number of aryl methyl sites for hydroxylation is 1. The van der Waals surface area contributed by atoms with Crippen LogP contribution in [-0.4, -0.2) is 38.1 Å². The van der Waals surface area contributed by atoms with Crippen molar-refractivity contribution in [3.8, 4) is 11.6 Å². The lowest BCUT2D eigenvalue weighted by Gasteiger charge is -2.32. The van der Waals surface area contributed by atoms with E-state index in [1.54, 1.807) is 32.9 Å². The van der Waals surface area contributed by atoms with Crippen molar-refractivity contribution in [2.75, 3.05) is 4.90 Å². The number of aromatic nitrogens is 4. The summed E-state index contributed by atoms with van der Waals surface area (Å²) in [6, 6.07) is 12.0. The van der Waals surface area contributed by atoms with Crippen molar-refractivity contribution in [3.63, 3.8) is 0 Å². The van der Waals surface area contributed by atoms with Gasteiger partial charge in [0.15, 0.2) is 5.76 Å². The number of hydrogen-bond acceptors (Lipinski definition) is 6. The van der Waals surface area contributed by atoms with Gasteiger partial charge in [0, 0.05) is 16.8 Å². The lowest BCUT2D eigenvalue weighted by molar-refractivity contribution is -0.137. The number of tetrazole rings is 1. The lowest BCUT2D eigenvalue weighted by Crippen LogP contribution is -2.47. The highest BCUT2D eigenvalue weighted by Crippen LogP contribution is 2.35. The summed E-state index contributed by atoms with van der Waals surface area (Å²) in [5.74, 6) is -0.288. The van der Waals surface area contributed by atoms with Gasteiger partial charge in [0.1, 0.15) is 18.3 Å². The molecule has 0 fully saturated rings. The third-order valence-corrected chi connectivity index (χ3v) is 5.79. The lowest BCUT2D eigenvalue weighted by atomic mass is 10.0. The number of hydrogen-bond donors (Lipinski definition) is 1. The molecule has 1 N–H and O–H groups in total. The van der Waals surface area contributed by atoms with Crippen LogP contribution >= 0.6 is 11.6 Å². The van der Waals surface area contributed by atoms with Crippen molar-refractivity contribution < 1.29 is 27.2 Å². The first-order valence-corrected chi connectivity index (χ1v) is 12.2. The molecule has 0 aliphatic rings. The molecule has 0 bridgehead atoms. The third-order valence-electron chi connectivity index (χ3n) is 5.53. The predicted octanol–water partition coefficient (Wildman–Crippen LogP) is 5.21. The van der Waals surface area contributed by atoms with Gasteiger partial charge >= 0.3 is 6.18 Å². The number of furan rings is 1. The van der Waals surface area contributed by atoms with Crippen molar-refractivity contribution in [1.82, 2.24) is 25.5 Å². The summed E-state index contributed by atoms with van der Waals surface area (Å²) in [5.41, 5.74) is -0.788. The molecule has 2 aromatic carbocycles. The highest BCUT2D eigenvalue weighted by atomic mass is 35.5. The van der Waals surface area contributed by atoms with Crippen molar-refractivity contribution in [3.05, 3.63) is 82.6 Å². The molecule has 13 heteroatoms. The molecule has 0 radical (unpaired) electrons. The molecule has 4 rings (SSSR count). The quantitative estimate of drug-likeness (QED) is 0.317. The van der Waals surface area contributed by atoms with Gasteiger partial charge < -0.3 is 9.73 Å². The van der Waals surface area contributed by atoms with Gasteiger partial charge in [0.05, 0.1) is 5.56 Å². The summed E-state index contributed by atoms with van der Waals surface area (Å²) < 4.78 is 46.3. The van der Waals surface area contributed by atoms with Gasteiger partial charge in [-0.25, -0.2) is 0 Å². The molecular formula is C26H24ClF3N6O3. The molecule has 204 valence electrons. The fraction of sp³-hybridized carbons (Fsp3) is 0.269. The van der Waals surface area contributed by atoms with Crippen LogP contribution in [0, 0.1) is 6.92 Å². The molecular weight excluding hydrogens is 537 g/mol. The number of carbonyl (C=O) groups excluding carboxylic acids is 2. The SMILES string of the molecule is Cc1ccc(-c2nnn(CC(=O)N(c3cccc(C(F)(F)F)c3)[C@H](C(=O)NC(C)C)c3ccc(Cl)cc3)n2)o1. The topological polar surface area (TPSA) is 106 Å². The first-order valence-electron chi connectivity index (χ1n) is 11.8. The average molecular weight is 561 g/mol. The van der Waals surface area contributed by atoms with Gasteiger partial charge in [-0.2, -0.15) is 18.0 Å². The number of alkyl halides is 3. The zero-order chi connectivity index (χ0) is 28.3. The molecule has 0 aliphatic carbocycles. The maximum atomic E-state index is 13.8. The maximum absolute atomic E-state index is 13.8. The van der Waals surface area contributed by atoms with E-state index < -0.39 is 36.1 Å². The Morgan fingerprint density at radius 3 is 2.44 bits per heavy atom. The molecule has 0 aliphatic heterocycles. The minimum atomic E-state index is -4.68. The number of nitrogens with zero attached hydrogens (tertiary/aromatic N) is 5. The number of benzene rings is 2. The molecule has 2 heterocycles. The van der Waals surface area contributed by atoms with Crippen LogP contribution in [0.4, 0.5) is 18.9 Å². The van der Waals surface area contributed by atoms with E-state index in [1.165, 1.54) is 36.4 Å². The van der Waals surface area contributed by atoms with Gasteiger partial charge in [0.25, 0.3) is 5.91 Å². The molecule has 1 atom stereocenters. The fourth-order valence-electron chi connectivity index (χ4n) is 3.86. The zero-order valence-electron chi connectivity index (χ0n) is 21.1. The van der Waals surface area contributed by atoms with E-state index in [1.807, 2.05) is 0 Å². The Balaban J connectivity index is 1.79. The number of rotatable bonds is 8. The Morgan fingerprint density at radius 1 is 1.10 bits per heavy atom. The van der Waals surface area contributed by atoms with Crippen LogP contribution in [0.25, 0.3) is 11.6 Å². The van der Waals surface area contributed by atoms with Crippen LogP contribution in [0.2, 0.25) is 5.02 Å². The van der Waals surface area contributed by atoms with E-state index >= 15 is 0 Å². The molecule has 0 saturated carbocycles. The molecule has 9 nitrogen and oxygen atoms in total. The fourth-order valence-corrected chi connectivity index (χ4v) is 3.98. The second-order valence-electron chi connectivity index (χ2n) is 8.98. The van der Waals surface area contributed by atoms with Crippen LogP contribution in [0.5, 0.6) is 0 Å². The molecule has 0 spiro atoms. The second kappa shape index (κ2) is 11.3. The Kier molecular flexibility index (Phi) is 8.05. The van der Waals surface area contributed by atoms with Crippen molar-refractivity contribution in [1.29, 1.82) is 0 Å². The Morgan fingerprint density at radius 2 is 1.82 bits per heavy atom. The summed E-state index contributed by atoms with van der Waals surface area (Å²) in [6.45, 7) is 4.67. The van der Waals surface area contributed by atoms with Crippen molar-refractivity contribution in [2.45, 2.75) is 45.6 Å². The van der Waals surface area contributed by atoms with Crippen molar-refractivity contribution in [2.24, 2.45) is 0 Å². The largest absolute Gasteiger partial charge is 0.458 e. The molecule has 4 aromatic rings. The van der Waals surface area contributed by atoms with E-state index in [-0.39, 0.29) is 17.6 Å². The van der Waals surface area contributed by atoms with Gasteiger partial charge in [-0.1, -0.05) is 29.8 Å². The number of amides is 2. The summed E-state index contributed by atoms with van der Waals surface area (Å²) in [7, 11) is 0. The second-order valence-corrected chi connectivity index (χ2v) is 9.42. The van der Waals surface area contributed by atoms with Crippen LogP contribution in [0.1, 0.15) is 36.8 Å². The van der Waals surface area contributed by atoms with Crippen LogP contribution in [-0.2, 0) is 22.3 Å². The van der Waals surface area contributed by atoms with Crippen LogP contribution in [0.3, 0.4) is 0 Å². The molecule has 0 unspecified atom stereocenters. The molecule has 2 aromatic heterocycles. The summed E-state index contributed by atoms with van der Waals surface area (Å²) in [4.78, 5) is 29.2. The van der Waals surface area contributed by atoms with Crippen molar-refractivity contribution >= 4 is 29.1 Å². The van der Waals surface area contributed by atoms with E-state index in [4.69, 9.17) is 16.0 Å². The minimum Gasteiger partial charge on any atom is -0.458 e. The highest BCUT2D eigenvalue weighted by Gasteiger charge is 2.36. The first-order chi connectivity index (χ1) is 18.4. The Labute approximate surface area is 226 Å². The van der Waals surface area contributed by atoms with E-state index in [0.29, 0.717) is 22.1 Å². The predicted molar refractivity (Wildman–Crippen MR) is 137 cm³/mol. The normalized spacial score (nSPS) is 12.4. The number of halogens is 4. The van der Waals surface area contributed by atoms with Gasteiger partial charge in [-0.3, -0.25) is 14.5 Å². The third kappa shape index (κ3) is 6.63. The minimum absolute atomic E-state index is 0.119. The molecule has 0 saturated heterocycles.